The van der Waals surface area contributed by atoms with Crippen molar-refractivity contribution < 1.29 is 9.53 Å². The van der Waals surface area contributed by atoms with Crippen LogP contribution in [0.15, 0.2) is 48.8 Å². The highest BCUT2D eigenvalue weighted by Gasteiger charge is 2.29. The van der Waals surface area contributed by atoms with Gasteiger partial charge in [0.25, 0.3) is 5.91 Å². The average molecular weight is 484 g/mol. The lowest BCUT2D eigenvalue weighted by atomic mass is 9.89. The predicted molar refractivity (Wildman–Crippen MR) is 141 cm³/mol. The number of anilines is 1. The van der Waals surface area contributed by atoms with E-state index in [1.807, 2.05) is 24.3 Å². The van der Waals surface area contributed by atoms with Gasteiger partial charge in [0.15, 0.2) is 0 Å². The van der Waals surface area contributed by atoms with Crippen molar-refractivity contribution in [2.24, 2.45) is 0 Å². The summed E-state index contributed by atoms with van der Waals surface area (Å²) in [6.07, 6.45) is 7.29. The molecule has 2 aromatic carbocycles. The van der Waals surface area contributed by atoms with Gasteiger partial charge in [-0.3, -0.25) is 9.69 Å². The predicted octanol–water partition coefficient (Wildman–Crippen LogP) is 4.13. The van der Waals surface area contributed by atoms with E-state index in [0.717, 1.165) is 73.8 Å². The second-order valence-electron chi connectivity index (χ2n) is 10.0. The molecule has 36 heavy (non-hydrogen) atoms. The van der Waals surface area contributed by atoms with Crippen LogP contribution >= 0.6 is 0 Å². The van der Waals surface area contributed by atoms with Gasteiger partial charge in [-0.2, -0.15) is 0 Å². The number of carbonyl (C=O) groups excluding carboxylic acids is 1. The summed E-state index contributed by atoms with van der Waals surface area (Å²) in [5.74, 6) is 0.886. The van der Waals surface area contributed by atoms with Crippen LogP contribution in [0.5, 0.6) is 0 Å². The molecule has 186 valence electrons. The van der Waals surface area contributed by atoms with Crippen molar-refractivity contribution >= 4 is 11.7 Å². The molecular weight excluding hydrogens is 450 g/mol. The number of benzene rings is 2. The van der Waals surface area contributed by atoms with E-state index in [0.29, 0.717) is 17.6 Å². The third kappa shape index (κ3) is 4.49. The molecule has 0 atom stereocenters. The van der Waals surface area contributed by atoms with Crippen LogP contribution in [-0.4, -0.2) is 66.2 Å². The minimum absolute atomic E-state index is 0.0729. The second kappa shape index (κ2) is 9.99. The Kier molecular flexibility index (Phi) is 6.42. The lowest BCUT2D eigenvalue weighted by Crippen LogP contribution is -2.46. The maximum Gasteiger partial charge on any atom is 0.251 e. The summed E-state index contributed by atoms with van der Waals surface area (Å²) in [6.45, 7) is 3.86. The Labute approximate surface area is 212 Å². The summed E-state index contributed by atoms with van der Waals surface area (Å²) < 4.78 is 5.53. The molecule has 2 heterocycles. The lowest BCUT2D eigenvalue weighted by Gasteiger charge is -2.39. The standard InChI is InChI=1S/C29H33N5O2/c1-30-29(35)20-4-2-19(3-5-20)21-6-7-22-17-26-27(25(22)16-21)28(32-18-31-26)33-23-8-10-24(11-9-23)34-12-14-36-15-13-34/h2-7,16,18,23-24H,8-15,17H2,1H3,(H,30,35)(H,31,32,33). The van der Waals surface area contributed by atoms with Crippen LogP contribution in [0.1, 0.15) is 47.3 Å². The Balaban J connectivity index is 1.21. The van der Waals surface area contributed by atoms with Gasteiger partial charge >= 0.3 is 0 Å². The summed E-state index contributed by atoms with van der Waals surface area (Å²) in [7, 11) is 1.65. The van der Waals surface area contributed by atoms with Crippen molar-refractivity contribution in [3.05, 3.63) is 65.6 Å². The maximum absolute atomic E-state index is 11.9. The minimum Gasteiger partial charge on any atom is -0.379 e. The van der Waals surface area contributed by atoms with Crippen molar-refractivity contribution in [3.8, 4) is 22.3 Å². The van der Waals surface area contributed by atoms with Gasteiger partial charge in [-0.15, -0.1) is 0 Å². The van der Waals surface area contributed by atoms with Crippen LogP contribution < -0.4 is 10.6 Å². The van der Waals surface area contributed by atoms with Crippen molar-refractivity contribution in [1.82, 2.24) is 20.2 Å². The highest BCUT2D eigenvalue weighted by atomic mass is 16.5. The summed E-state index contributed by atoms with van der Waals surface area (Å²) >= 11 is 0. The number of nitrogens with one attached hydrogen (secondary N) is 2. The molecule has 3 aromatic rings. The van der Waals surface area contributed by atoms with Crippen LogP contribution in [0.3, 0.4) is 0 Å². The van der Waals surface area contributed by atoms with Gasteiger partial charge in [-0.25, -0.2) is 9.97 Å². The smallest absolute Gasteiger partial charge is 0.251 e. The SMILES string of the molecule is CNC(=O)c1ccc(-c2ccc3c(c2)-c2c(ncnc2NC2CCC(N4CCOCC4)CC2)C3)cc1. The van der Waals surface area contributed by atoms with E-state index in [9.17, 15) is 4.79 Å². The molecule has 2 N–H and O–H groups in total. The zero-order valence-corrected chi connectivity index (χ0v) is 20.8. The lowest BCUT2D eigenvalue weighted by molar-refractivity contribution is 0.00791. The minimum atomic E-state index is -0.0729. The molecule has 0 radical (unpaired) electrons. The number of aromatic nitrogens is 2. The Bertz CT molecular complexity index is 1250. The molecule has 1 saturated heterocycles. The molecule has 1 saturated carbocycles. The first-order valence-electron chi connectivity index (χ1n) is 13.1. The quantitative estimate of drug-likeness (QED) is 0.444. The zero-order chi connectivity index (χ0) is 24.5. The van der Waals surface area contributed by atoms with Gasteiger partial charge in [0.2, 0.25) is 0 Å². The Morgan fingerprint density at radius 1 is 0.972 bits per heavy atom. The van der Waals surface area contributed by atoms with Crippen molar-refractivity contribution in [3.63, 3.8) is 0 Å². The molecule has 1 aliphatic heterocycles. The molecule has 0 unspecified atom stereocenters. The average Bonchev–Trinajstić information content (AvgIpc) is 3.32. The maximum atomic E-state index is 11.9. The molecule has 1 aromatic heterocycles. The molecule has 6 rings (SSSR count). The van der Waals surface area contributed by atoms with Gasteiger partial charge in [-0.05, 0) is 66.1 Å². The highest BCUT2D eigenvalue weighted by Crippen LogP contribution is 2.42. The number of fused-ring (bicyclic) bond motifs is 3. The molecule has 3 aliphatic rings. The first-order valence-corrected chi connectivity index (χ1v) is 13.1. The topological polar surface area (TPSA) is 79.4 Å². The number of morpholine rings is 1. The summed E-state index contributed by atoms with van der Waals surface area (Å²) in [5, 5.41) is 6.47. The normalized spacial score (nSPS) is 21.5. The third-order valence-corrected chi connectivity index (χ3v) is 7.97. The Morgan fingerprint density at radius 3 is 2.47 bits per heavy atom. The summed E-state index contributed by atoms with van der Waals surface area (Å²) in [6, 6.07) is 15.5. The monoisotopic (exact) mass is 483 g/mol. The Morgan fingerprint density at radius 2 is 1.72 bits per heavy atom. The molecule has 0 bridgehead atoms. The summed E-state index contributed by atoms with van der Waals surface area (Å²) in [5.41, 5.74) is 7.62. The fourth-order valence-electron chi connectivity index (χ4n) is 5.95. The van der Waals surface area contributed by atoms with E-state index in [1.165, 1.54) is 24.0 Å². The van der Waals surface area contributed by atoms with Crippen LogP contribution in [0.4, 0.5) is 5.82 Å². The van der Waals surface area contributed by atoms with Gasteiger partial charge < -0.3 is 15.4 Å². The Hall–Kier alpha value is -3.29. The number of carbonyl (C=O) groups is 1. The molecule has 2 aliphatic carbocycles. The molecular formula is C29H33N5O2. The van der Waals surface area contributed by atoms with Gasteiger partial charge in [0.1, 0.15) is 12.1 Å². The number of nitrogens with zero attached hydrogens (tertiary/aromatic N) is 3. The van der Waals surface area contributed by atoms with Gasteiger partial charge in [-0.1, -0.05) is 24.3 Å². The van der Waals surface area contributed by atoms with E-state index in [4.69, 9.17) is 9.72 Å². The highest BCUT2D eigenvalue weighted by molar-refractivity contribution is 5.94. The van der Waals surface area contributed by atoms with Crippen LogP contribution in [-0.2, 0) is 11.2 Å². The molecule has 2 fully saturated rings. The first-order chi connectivity index (χ1) is 17.7. The fourth-order valence-corrected chi connectivity index (χ4v) is 5.95. The van der Waals surface area contributed by atoms with Crippen LogP contribution in [0.2, 0.25) is 0 Å². The van der Waals surface area contributed by atoms with Crippen molar-refractivity contribution in [1.29, 1.82) is 0 Å². The fraction of sp³-hybridized carbons (Fsp3) is 0.414. The van der Waals surface area contributed by atoms with Crippen LogP contribution in [0.25, 0.3) is 22.3 Å². The number of ether oxygens (including phenoxy) is 1. The van der Waals surface area contributed by atoms with Gasteiger partial charge in [0.05, 0.1) is 18.9 Å². The van der Waals surface area contributed by atoms with Crippen molar-refractivity contribution in [2.75, 3.05) is 38.7 Å². The molecule has 7 nitrogen and oxygen atoms in total. The summed E-state index contributed by atoms with van der Waals surface area (Å²) in [4.78, 5) is 23.9. The number of hydrogen-bond acceptors (Lipinski definition) is 6. The van der Waals surface area contributed by atoms with Crippen molar-refractivity contribution in [2.45, 2.75) is 44.2 Å². The van der Waals surface area contributed by atoms with E-state index >= 15 is 0 Å². The largest absolute Gasteiger partial charge is 0.379 e. The number of rotatable bonds is 5. The molecule has 0 spiro atoms. The third-order valence-electron chi connectivity index (χ3n) is 7.97. The van der Waals surface area contributed by atoms with E-state index in [-0.39, 0.29) is 5.91 Å². The van der Waals surface area contributed by atoms with E-state index in [2.05, 4.69) is 38.7 Å². The molecule has 7 heteroatoms. The second-order valence-corrected chi connectivity index (χ2v) is 10.0. The van der Waals surface area contributed by atoms with Gasteiger partial charge in [0, 0.05) is 49.8 Å². The van der Waals surface area contributed by atoms with E-state index in [1.54, 1.807) is 13.4 Å². The zero-order valence-electron chi connectivity index (χ0n) is 20.8. The number of amides is 1. The van der Waals surface area contributed by atoms with E-state index < -0.39 is 0 Å². The number of hydrogen-bond donors (Lipinski definition) is 2. The first kappa shape index (κ1) is 23.1. The molecule has 1 amide bonds. The van der Waals surface area contributed by atoms with Crippen LogP contribution in [0, 0.1) is 0 Å².